The summed E-state index contributed by atoms with van der Waals surface area (Å²) in [7, 11) is 3.37. The molecule has 9 aromatic rings. The molecule has 0 aliphatic carbocycles. The Hall–Kier alpha value is -9.22. The molecular weight excluding hydrogens is 1110 g/mol. The minimum absolute atomic E-state index is 0.0431. The first kappa shape index (κ1) is 67.3. The first-order valence-electron chi connectivity index (χ1n) is 30.8. The second-order valence-electron chi connectivity index (χ2n) is 21.8. The highest BCUT2D eigenvalue weighted by Gasteiger charge is 2.32. The van der Waals surface area contributed by atoms with Crippen LogP contribution in [0.15, 0.2) is 200 Å². The number of aryl methyl sites for hydroxylation is 2. The van der Waals surface area contributed by atoms with Gasteiger partial charge in [0, 0.05) is 29.0 Å². The van der Waals surface area contributed by atoms with Gasteiger partial charge in [-0.05, 0) is 204 Å². The Balaban J connectivity index is 0.000000340. The van der Waals surface area contributed by atoms with Crippen molar-refractivity contribution in [2.24, 2.45) is 0 Å². The number of hydrogen-bond acceptors (Lipinski definition) is 11. The monoisotopic (exact) mass is 1200 g/mol. The molecule has 0 heterocycles. The number of ether oxygens (including phenoxy) is 11. The summed E-state index contributed by atoms with van der Waals surface area (Å²) in [6, 6.07) is 67.6. The Labute approximate surface area is 529 Å². The van der Waals surface area contributed by atoms with Crippen LogP contribution in [0.25, 0.3) is 0 Å². The van der Waals surface area contributed by atoms with Gasteiger partial charge in [-0.2, -0.15) is 0 Å². The normalized spacial score (nSPS) is 10.9. The highest BCUT2D eigenvalue weighted by Crippen LogP contribution is 2.41. The van der Waals surface area contributed by atoms with Crippen LogP contribution in [0.2, 0.25) is 0 Å². The summed E-state index contributed by atoms with van der Waals surface area (Å²) in [6.45, 7) is 27.2. The molecule has 9 rings (SSSR count). The molecule has 0 unspecified atom stereocenters. The fraction of sp³-hybridized carbons (Fsp3) is 0.308. The molecule has 0 aliphatic heterocycles. The lowest BCUT2D eigenvalue weighted by Crippen LogP contribution is -2.25. The third kappa shape index (κ3) is 19.6. The second-order valence-corrected chi connectivity index (χ2v) is 21.8. The van der Waals surface area contributed by atoms with Crippen LogP contribution in [0.5, 0.6) is 63.2 Å². The molecule has 0 saturated heterocycles. The largest absolute Gasteiger partial charge is 0.497 e. The van der Waals surface area contributed by atoms with Gasteiger partial charge in [0.25, 0.3) is 0 Å². The van der Waals surface area contributed by atoms with E-state index in [0.717, 1.165) is 96.6 Å². The molecule has 0 radical (unpaired) electrons. The third-order valence-corrected chi connectivity index (χ3v) is 15.0. The van der Waals surface area contributed by atoms with E-state index < -0.39 is 5.41 Å². The number of methoxy groups -OCH3 is 2. The van der Waals surface area contributed by atoms with E-state index in [-0.39, 0.29) is 5.41 Å². The van der Waals surface area contributed by atoms with Gasteiger partial charge in [0.05, 0.1) is 53.9 Å². The fourth-order valence-corrected chi connectivity index (χ4v) is 10.1. The van der Waals surface area contributed by atoms with Crippen molar-refractivity contribution in [3.63, 3.8) is 0 Å². The summed E-state index contributed by atoms with van der Waals surface area (Å²) in [6.07, 6.45) is 0. The minimum Gasteiger partial charge on any atom is -0.497 e. The zero-order chi connectivity index (χ0) is 63.6. The molecule has 468 valence electrons. The molecule has 11 heteroatoms. The van der Waals surface area contributed by atoms with Crippen LogP contribution in [0, 0.1) is 13.8 Å². The molecule has 0 aliphatic rings. The number of benzene rings is 9. The van der Waals surface area contributed by atoms with Crippen molar-refractivity contribution in [1.82, 2.24) is 0 Å². The van der Waals surface area contributed by atoms with Crippen LogP contribution < -0.4 is 52.1 Å². The van der Waals surface area contributed by atoms with E-state index in [1.807, 2.05) is 157 Å². The Morgan fingerprint density at radius 2 is 0.461 bits per heavy atom. The van der Waals surface area contributed by atoms with Crippen molar-refractivity contribution in [2.45, 2.75) is 107 Å². The van der Waals surface area contributed by atoms with Gasteiger partial charge >= 0.3 is 0 Å². The highest BCUT2D eigenvalue weighted by atomic mass is 16.5. The first-order valence-corrected chi connectivity index (χ1v) is 30.8. The molecule has 0 N–H and O–H groups in total. The predicted molar refractivity (Wildman–Crippen MR) is 358 cm³/mol. The number of hydrogen-bond donors (Lipinski definition) is 0. The molecule has 0 saturated carbocycles. The van der Waals surface area contributed by atoms with Crippen molar-refractivity contribution in [3.05, 3.63) is 256 Å². The Morgan fingerprint density at radius 3 is 0.674 bits per heavy atom. The van der Waals surface area contributed by atoms with Gasteiger partial charge < -0.3 is 52.1 Å². The van der Waals surface area contributed by atoms with Crippen LogP contribution in [-0.4, -0.2) is 53.9 Å². The van der Waals surface area contributed by atoms with E-state index in [1.165, 1.54) is 22.3 Å². The summed E-state index contributed by atoms with van der Waals surface area (Å²) >= 11 is 0. The van der Waals surface area contributed by atoms with E-state index in [2.05, 4.69) is 120 Å². The Bertz CT molecular complexity index is 3120. The smallest absolute Gasteiger partial charge is 0.123 e. The van der Waals surface area contributed by atoms with Gasteiger partial charge in [-0.3, -0.25) is 0 Å². The highest BCUT2D eigenvalue weighted by molar-refractivity contribution is 5.53. The van der Waals surface area contributed by atoms with E-state index >= 15 is 0 Å². The van der Waals surface area contributed by atoms with Gasteiger partial charge in [-0.15, -0.1) is 0 Å². The van der Waals surface area contributed by atoms with Crippen LogP contribution in [0.4, 0.5) is 0 Å². The SMILES string of the molecule is CCOc1cc(COc2ccc(C(C)(c3ccc(OCc4cc(OCC)cc(OCC)c4)cc3)c3ccc(OCc4cc(OCC)cc(OCC)c4)cc3)cc2)cc(OCC)c1.COc1ccc(C(C)(C)c2ccc(OC)cc2)cc1.Cc1ccc(C)cc1. The van der Waals surface area contributed by atoms with Gasteiger partial charge in [0.15, 0.2) is 0 Å². The summed E-state index contributed by atoms with van der Waals surface area (Å²) in [5.74, 6) is 8.58. The van der Waals surface area contributed by atoms with Crippen molar-refractivity contribution in [1.29, 1.82) is 0 Å². The zero-order valence-corrected chi connectivity index (χ0v) is 54.4. The van der Waals surface area contributed by atoms with Crippen molar-refractivity contribution in [3.8, 4) is 63.2 Å². The molecule has 0 amide bonds. The van der Waals surface area contributed by atoms with Crippen molar-refractivity contribution < 1.29 is 52.1 Å². The lowest BCUT2D eigenvalue weighted by Gasteiger charge is -2.32. The third-order valence-electron chi connectivity index (χ3n) is 15.0. The number of rotatable bonds is 28. The van der Waals surface area contributed by atoms with Crippen LogP contribution in [0.1, 0.15) is 118 Å². The maximum atomic E-state index is 6.30. The molecule has 0 atom stereocenters. The van der Waals surface area contributed by atoms with Crippen LogP contribution in [-0.2, 0) is 30.7 Å². The van der Waals surface area contributed by atoms with E-state index in [0.29, 0.717) is 59.5 Å². The zero-order valence-electron chi connectivity index (χ0n) is 54.4. The maximum Gasteiger partial charge on any atom is 0.123 e. The van der Waals surface area contributed by atoms with Crippen molar-refractivity contribution in [2.75, 3.05) is 53.9 Å². The molecular formula is C78H90O11. The van der Waals surface area contributed by atoms with Crippen LogP contribution >= 0.6 is 0 Å². The van der Waals surface area contributed by atoms with E-state index in [9.17, 15) is 0 Å². The summed E-state index contributed by atoms with van der Waals surface area (Å²) < 4.78 is 64.0. The lowest BCUT2D eigenvalue weighted by molar-refractivity contribution is 0.297. The fourth-order valence-electron chi connectivity index (χ4n) is 10.1. The van der Waals surface area contributed by atoms with E-state index in [1.54, 1.807) is 14.2 Å². The summed E-state index contributed by atoms with van der Waals surface area (Å²) in [5, 5.41) is 0. The molecule has 0 spiro atoms. The van der Waals surface area contributed by atoms with Gasteiger partial charge in [0.2, 0.25) is 0 Å². The minimum atomic E-state index is -0.551. The predicted octanol–water partition coefficient (Wildman–Crippen LogP) is 18.5. The molecule has 0 bridgehead atoms. The quantitative estimate of drug-likeness (QED) is 0.0438. The molecule has 9 aromatic carbocycles. The average molecular weight is 1200 g/mol. The van der Waals surface area contributed by atoms with Crippen LogP contribution in [0.3, 0.4) is 0 Å². The van der Waals surface area contributed by atoms with Gasteiger partial charge in [-0.1, -0.05) is 110 Å². The second kappa shape index (κ2) is 33.8. The van der Waals surface area contributed by atoms with Gasteiger partial charge in [0.1, 0.15) is 83.1 Å². The maximum absolute atomic E-state index is 6.30. The first-order chi connectivity index (χ1) is 43.1. The molecule has 11 nitrogen and oxygen atoms in total. The summed E-state index contributed by atoms with van der Waals surface area (Å²) in [5.41, 5.74) is 10.8. The van der Waals surface area contributed by atoms with E-state index in [4.69, 9.17) is 52.1 Å². The summed E-state index contributed by atoms with van der Waals surface area (Å²) in [4.78, 5) is 0. The molecule has 0 aromatic heterocycles. The molecule has 89 heavy (non-hydrogen) atoms. The Morgan fingerprint density at radius 1 is 0.247 bits per heavy atom. The molecule has 0 fully saturated rings. The Kier molecular flexibility index (Phi) is 25.5. The lowest BCUT2D eigenvalue weighted by atomic mass is 9.71. The standard InChI is InChI=1S/C53H60O9.C17H20O2.C8H10/c1-8-54-47-26-38(27-48(32-47)55-9-2)35-60-44-20-14-41(15-21-44)53(7,42-16-22-45(23-17-42)61-36-39-28-49(56-10-3)33-50(29-39)57-11-4)43-18-24-46(25-19-43)62-37-40-30-51(58-12-5)34-52(31-40)59-13-6;1-17(2,13-5-9-15(18-3)10-6-13)14-7-11-16(19-4)12-8-14;1-7-3-5-8(2)6-4-7/h14-34H,8-13,35-37H2,1-7H3;5-12H,1-4H3;3-6H,1-2H3. The topological polar surface area (TPSA) is 102 Å². The average Bonchev–Trinajstić information content (AvgIpc) is 0.859. The van der Waals surface area contributed by atoms with Crippen molar-refractivity contribution >= 4 is 0 Å². The van der Waals surface area contributed by atoms with Gasteiger partial charge in [-0.25, -0.2) is 0 Å².